The Morgan fingerprint density at radius 1 is 0.944 bits per heavy atom. The molecule has 0 unspecified atom stereocenters. The molecule has 0 bridgehead atoms. The van der Waals surface area contributed by atoms with Gasteiger partial charge in [0.1, 0.15) is 0 Å². The summed E-state index contributed by atoms with van der Waals surface area (Å²) in [6, 6.07) is 1.85. The first kappa shape index (κ1) is 12.9. The summed E-state index contributed by atoms with van der Waals surface area (Å²) in [6.07, 6.45) is 15.3. The normalized spacial score (nSPS) is 37.5. The molecule has 18 heavy (non-hydrogen) atoms. The summed E-state index contributed by atoms with van der Waals surface area (Å²) in [5.74, 6) is 0. The largest absolute Gasteiger partial charge is 0.285 e. The van der Waals surface area contributed by atoms with Gasteiger partial charge in [-0.3, -0.25) is 9.80 Å². The van der Waals surface area contributed by atoms with Crippen molar-refractivity contribution < 1.29 is 0 Å². The van der Waals surface area contributed by atoms with Gasteiger partial charge in [0.2, 0.25) is 0 Å². The lowest BCUT2D eigenvalue weighted by Gasteiger charge is -2.51. The second kappa shape index (κ2) is 5.92. The van der Waals surface area contributed by atoms with E-state index in [0.717, 1.165) is 18.2 Å². The number of fused-ring (bicyclic) bond motifs is 3. The van der Waals surface area contributed by atoms with Crippen molar-refractivity contribution in [2.24, 2.45) is 0 Å². The summed E-state index contributed by atoms with van der Waals surface area (Å²) in [5.41, 5.74) is 0. The molecule has 3 atom stereocenters. The van der Waals surface area contributed by atoms with Gasteiger partial charge >= 0.3 is 0 Å². The van der Waals surface area contributed by atoms with Crippen molar-refractivity contribution in [3.63, 3.8) is 0 Å². The molecule has 0 aromatic carbocycles. The lowest BCUT2D eigenvalue weighted by Crippen LogP contribution is -2.60. The maximum atomic E-state index is 2.87. The Morgan fingerprint density at radius 2 is 1.83 bits per heavy atom. The zero-order valence-corrected chi connectivity index (χ0v) is 12.1. The van der Waals surface area contributed by atoms with Gasteiger partial charge in [0.15, 0.2) is 0 Å². The Hall–Kier alpha value is -0.0800. The van der Waals surface area contributed by atoms with E-state index in [1.807, 2.05) is 0 Å². The van der Waals surface area contributed by atoms with Gasteiger partial charge in [-0.15, -0.1) is 0 Å². The first-order valence-electron chi connectivity index (χ1n) is 8.41. The number of unbranched alkanes of at least 4 members (excludes halogenated alkanes) is 2. The van der Waals surface area contributed by atoms with Gasteiger partial charge in [-0.25, -0.2) is 0 Å². The van der Waals surface area contributed by atoms with E-state index in [1.165, 1.54) is 77.3 Å². The molecule has 3 aliphatic rings. The van der Waals surface area contributed by atoms with Crippen LogP contribution in [-0.4, -0.2) is 41.1 Å². The van der Waals surface area contributed by atoms with Crippen LogP contribution >= 0.6 is 0 Å². The lowest BCUT2D eigenvalue weighted by atomic mass is 9.89. The number of nitrogens with zero attached hydrogens (tertiary/aromatic N) is 2. The summed E-state index contributed by atoms with van der Waals surface area (Å²) >= 11 is 0. The highest BCUT2D eigenvalue weighted by Gasteiger charge is 2.43. The molecule has 3 fully saturated rings. The number of piperidine rings is 1. The van der Waals surface area contributed by atoms with Crippen molar-refractivity contribution in [1.29, 1.82) is 0 Å². The van der Waals surface area contributed by atoms with E-state index in [4.69, 9.17) is 0 Å². The number of rotatable bonds is 4. The molecule has 0 aromatic rings. The van der Waals surface area contributed by atoms with Crippen molar-refractivity contribution in [2.45, 2.75) is 89.4 Å². The van der Waals surface area contributed by atoms with Crippen LogP contribution in [-0.2, 0) is 0 Å². The predicted octanol–water partition coefficient (Wildman–Crippen LogP) is 3.62. The molecule has 3 aliphatic heterocycles. The van der Waals surface area contributed by atoms with Crippen molar-refractivity contribution in [2.75, 3.05) is 13.1 Å². The Balaban J connectivity index is 1.64. The van der Waals surface area contributed by atoms with Crippen molar-refractivity contribution in [1.82, 2.24) is 9.80 Å². The molecule has 0 radical (unpaired) electrons. The molecule has 0 aliphatic carbocycles. The molecule has 3 saturated heterocycles. The van der Waals surface area contributed by atoms with Crippen LogP contribution in [0.3, 0.4) is 0 Å². The molecule has 0 N–H and O–H groups in total. The van der Waals surface area contributed by atoms with E-state index in [-0.39, 0.29) is 0 Å². The third-order valence-electron chi connectivity index (χ3n) is 5.47. The van der Waals surface area contributed by atoms with Crippen LogP contribution in [0.25, 0.3) is 0 Å². The third kappa shape index (κ3) is 2.46. The SMILES string of the molecule is CCCCC[C@@H]1C[C@H]2CCCCN2[C@H]2CCCN12. The van der Waals surface area contributed by atoms with E-state index in [2.05, 4.69) is 16.7 Å². The van der Waals surface area contributed by atoms with Crippen LogP contribution in [0, 0.1) is 0 Å². The minimum Gasteiger partial charge on any atom is -0.285 e. The zero-order valence-electron chi connectivity index (χ0n) is 12.1. The molecule has 3 rings (SSSR count). The molecule has 0 amide bonds. The molecule has 0 saturated carbocycles. The van der Waals surface area contributed by atoms with Crippen molar-refractivity contribution in [3.05, 3.63) is 0 Å². The minimum atomic E-state index is 0.829. The molecule has 2 heteroatoms. The average molecular weight is 250 g/mol. The lowest BCUT2D eigenvalue weighted by molar-refractivity contribution is -0.0611. The summed E-state index contributed by atoms with van der Waals surface area (Å²) in [7, 11) is 0. The van der Waals surface area contributed by atoms with Gasteiger partial charge < -0.3 is 0 Å². The summed E-state index contributed by atoms with van der Waals surface area (Å²) < 4.78 is 0. The molecular weight excluding hydrogens is 220 g/mol. The maximum Gasteiger partial charge on any atom is 0.0627 e. The molecule has 0 aromatic heterocycles. The zero-order chi connectivity index (χ0) is 12.4. The highest BCUT2D eigenvalue weighted by Crippen LogP contribution is 2.38. The fourth-order valence-corrected chi connectivity index (χ4v) is 4.58. The topological polar surface area (TPSA) is 6.48 Å². The first-order chi connectivity index (χ1) is 8.90. The molecule has 3 heterocycles. The number of hydrogen-bond acceptors (Lipinski definition) is 2. The number of hydrogen-bond donors (Lipinski definition) is 0. The van der Waals surface area contributed by atoms with E-state index >= 15 is 0 Å². The highest BCUT2D eigenvalue weighted by molar-refractivity contribution is 4.96. The van der Waals surface area contributed by atoms with E-state index in [1.54, 1.807) is 0 Å². The average Bonchev–Trinajstić information content (AvgIpc) is 2.89. The standard InChI is InChI=1S/C16H30N2/c1-2-3-4-8-14-13-15-9-5-6-11-17(15)16-10-7-12-18(14)16/h14-16H,2-13H2,1H3/t14-,15-,16-/m1/s1. The van der Waals surface area contributed by atoms with Gasteiger partial charge in [0.25, 0.3) is 0 Å². The molecule has 0 spiro atoms. The quantitative estimate of drug-likeness (QED) is 0.703. The van der Waals surface area contributed by atoms with Gasteiger partial charge in [-0.05, 0) is 45.1 Å². The second-order valence-electron chi connectivity index (χ2n) is 6.63. The van der Waals surface area contributed by atoms with E-state index in [0.29, 0.717) is 0 Å². The highest BCUT2D eigenvalue weighted by atomic mass is 15.4. The van der Waals surface area contributed by atoms with Crippen molar-refractivity contribution in [3.8, 4) is 0 Å². The molecule has 2 nitrogen and oxygen atoms in total. The van der Waals surface area contributed by atoms with Crippen LogP contribution in [0.5, 0.6) is 0 Å². The van der Waals surface area contributed by atoms with E-state index < -0.39 is 0 Å². The Bertz CT molecular complexity index is 266. The summed E-state index contributed by atoms with van der Waals surface area (Å²) in [4.78, 5) is 5.74. The fraction of sp³-hybridized carbons (Fsp3) is 1.00. The van der Waals surface area contributed by atoms with Crippen LogP contribution in [0.15, 0.2) is 0 Å². The van der Waals surface area contributed by atoms with E-state index in [9.17, 15) is 0 Å². The second-order valence-corrected chi connectivity index (χ2v) is 6.63. The van der Waals surface area contributed by atoms with Crippen LogP contribution in [0.2, 0.25) is 0 Å². The Kier molecular flexibility index (Phi) is 4.25. The smallest absolute Gasteiger partial charge is 0.0627 e. The summed E-state index contributed by atoms with van der Waals surface area (Å²) in [5, 5.41) is 0. The molecule has 104 valence electrons. The fourth-order valence-electron chi connectivity index (χ4n) is 4.58. The van der Waals surface area contributed by atoms with Gasteiger partial charge in [0, 0.05) is 18.6 Å². The van der Waals surface area contributed by atoms with Gasteiger partial charge in [0.05, 0.1) is 6.17 Å². The Morgan fingerprint density at radius 3 is 2.72 bits per heavy atom. The minimum absolute atomic E-state index is 0.829. The van der Waals surface area contributed by atoms with Crippen molar-refractivity contribution >= 4 is 0 Å². The van der Waals surface area contributed by atoms with Crippen LogP contribution < -0.4 is 0 Å². The monoisotopic (exact) mass is 250 g/mol. The molecular formula is C16H30N2. The van der Waals surface area contributed by atoms with Gasteiger partial charge in [-0.1, -0.05) is 32.6 Å². The maximum absolute atomic E-state index is 2.87. The van der Waals surface area contributed by atoms with Crippen LogP contribution in [0.1, 0.15) is 71.1 Å². The van der Waals surface area contributed by atoms with Gasteiger partial charge in [-0.2, -0.15) is 0 Å². The predicted molar refractivity (Wildman–Crippen MR) is 76.6 cm³/mol. The van der Waals surface area contributed by atoms with Crippen LogP contribution in [0.4, 0.5) is 0 Å². The third-order valence-corrected chi connectivity index (χ3v) is 5.47. The summed E-state index contributed by atoms with van der Waals surface area (Å²) in [6.45, 7) is 5.08. The first-order valence-corrected chi connectivity index (χ1v) is 8.41. The Labute approximate surface area is 113 Å².